The molecule has 8 nitrogen and oxygen atoms in total. The van der Waals surface area contributed by atoms with Crippen molar-refractivity contribution in [2.45, 2.75) is 13.8 Å². The Morgan fingerprint density at radius 3 is 1.82 bits per heavy atom. The predicted molar refractivity (Wildman–Crippen MR) is 131 cm³/mol. The third-order valence-corrected chi connectivity index (χ3v) is 8.43. The molecule has 2 N–H and O–H groups in total. The first-order valence-corrected chi connectivity index (χ1v) is 13.2. The van der Waals surface area contributed by atoms with Gasteiger partial charge in [-0.25, -0.2) is 10.1 Å². The first-order chi connectivity index (χ1) is 15.3. The maximum Gasteiger partial charge on any atom is 0.277 e. The lowest BCUT2D eigenvalue weighted by Crippen LogP contribution is -3.00. The summed E-state index contributed by atoms with van der Waals surface area (Å²) < 4.78 is 32.4. The highest BCUT2D eigenvalue weighted by Crippen LogP contribution is 2.35. The highest BCUT2D eigenvalue weighted by Gasteiger charge is 2.26. The maximum absolute atomic E-state index is 11.6. The molecule has 3 heterocycles. The number of ether oxygens (including phenoxy) is 1. The molecule has 3 aromatic rings. The molecule has 0 saturated carbocycles. The smallest absolute Gasteiger partial charge is 0.277 e. The minimum absolute atomic E-state index is 0. The van der Waals surface area contributed by atoms with Crippen LogP contribution < -0.4 is 38.9 Å². The molecule has 2 aliphatic rings. The molecule has 33 heavy (non-hydrogen) atoms. The first-order valence-electron chi connectivity index (χ1n) is 10.8. The highest BCUT2D eigenvalue weighted by atomic mass is 127. The van der Waals surface area contributed by atoms with Gasteiger partial charge in [0.05, 0.1) is 13.2 Å². The van der Waals surface area contributed by atoms with E-state index in [1.54, 1.807) is 11.3 Å². The van der Waals surface area contributed by atoms with E-state index < -0.39 is 10.2 Å². The molecule has 0 aliphatic carbocycles. The number of aryl methyl sites for hydroxylation is 2. The van der Waals surface area contributed by atoms with Gasteiger partial charge in [-0.05, 0) is 37.1 Å². The molecular weight excluding hydrogens is 573 g/mol. The van der Waals surface area contributed by atoms with Crippen molar-refractivity contribution in [1.82, 2.24) is 9.29 Å². The van der Waals surface area contributed by atoms with Gasteiger partial charge >= 0.3 is 0 Å². The van der Waals surface area contributed by atoms with Gasteiger partial charge in [0.2, 0.25) is 11.3 Å². The van der Waals surface area contributed by atoms with Crippen LogP contribution in [0.15, 0.2) is 24.3 Å². The Morgan fingerprint density at radius 2 is 1.33 bits per heavy atom. The Bertz CT molecular complexity index is 1290. The van der Waals surface area contributed by atoms with E-state index in [0.29, 0.717) is 26.2 Å². The molecule has 0 amide bonds. The van der Waals surface area contributed by atoms with Crippen molar-refractivity contribution in [3.05, 3.63) is 35.4 Å². The maximum atomic E-state index is 11.6. The second-order valence-electron chi connectivity index (χ2n) is 8.46. The zero-order valence-corrected chi connectivity index (χ0v) is 22.5. The molecule has 1 aromatic heterocycles. The lowest BCUT2D eigenvalue weighted by Gasteiger charge is -2.34. The van der Waals surface area contributed by atoms with Crippen LogP contribution in [-0.2, 0) is 14.9 Å². The average Bonchev–Trinajstić information content (AvgIpc) is 2.78. The normalized spacial score (nSPS) is 18.0. The summed E-state index contributed by atoms with van der Waals surface area (Å²) in [7, 11) is -3.63. The number of nitrogens with zero attached hydrogens (tertiary/aromatic N) is 4. The van der Waals surface area contributed by atoms with E-state index in [2.05, 4.69) is 47.9 Å². The van der Waals surface area contributed by atoms with Crippen molar-refractivity contribution in [1.29, 1.82) is 0 Å². The summed E-state index contributed by atoms with van der Waals surface area (Å²) in [5.74, 6) is 0. The van der Waals surface area contributed by atoms with Gasteiger partial charge in [0, 0.05) is 62.8 Å². The number of halogens is 1. The fourth-order valence-electron chi connectivity index (χ4n) is 4.52. The number of nitrogens with two attached hydrogens (primary N) is 1. The largest absolute Gasteiger partial charge is 1.00 e. The molecule has 178 valence electrons. The van der Waals surface area contributed by atoms with Crippen LogP contribution in [0, 0.1) is 13.8 Å². The number of rotatable bonds is 3. The van der Waals surface area contributed by atoms with Crippen molar-refractivity contribution >= 4 is 53.4 Å². The van der Waals surface area contributed by atoms with E-state index >= 15 is 0 Å². The van der Waals surface area contributed by atoms with E-state index in [-0.39, 0.29) is 24.0 Å². The number of morpholine rings is 1. The molecule has 2 aliphatic heterocycles. The Morgan fingerprint density at radius 1 is 0.848 bits per heavy atom. The SMILES string of the molecule is Cc1cc(N2CCOCC2)cc2[s+]c3cc(N4CCN(S(N)(=O)=O)CC4)cc(C)c3nc12.[I-]. The topological polar surface area (TPSA) is 92.0 Å². The molecule has 0 spiro atoms. The molecule has 0 unspecified atom stereocenters. The van der Waals surface area contributed by atoms with Gasteiger partial charge in [0.25, 0.3) is 19.6 Å². The van der Waals surface area contributed by atoms with Gasteiger partial charge in [0.1, 0.15) is 11.0 Å². The van der Waals surface area contributed by atoms with E-state index in [9.17, 15) is 8.42 Å². The Hall–Kier alpha value is -1.38. The van der Waals surface area contributed by atoms with E-state index in [0.717, 1.165) is 53.3 Å². The summed E-state index contributed by atoms with van der Waals surface area (Å²) >= 11 is 1.77. The summed E-state index contributed by atoms with van der Waals surface area (Å²) in [5, 5.41) is 5.29. The van der Waals surface area contributed by atoms with Crippen molar-refractivity contribution < 1.29 is 37.1 Å². The van der Waals surface area contributed by atoms with Crippen LogP contribution >= 0.6 is 11.3 Å². The minimum Gasteiger partial charge on any atom is -1.00 e. The van der Waals surface area contributed by atoms with Crippen LogP contribution in [0.2, 0.25) is 0 Å². The van der Waals surface area contributed by atoms with Gasteiger partial charge in [-0.2, -0.15) is 12.7 Å². The third-order valence-electron chi connectivity index (χ3n) is 6.28. The quantitative estimate of drug-likeness (QED) is 0.248. The second kappa shape index (κ2) is 9.70. The molecule has 2 saturated heterocycles. The van der Waals surface area contributed by atoms with E-state index in [4.69, 9.17) is 14.9 Å². The van der Waals surface area contributed by atoms with Crippen LogP contribution in [0.3, 0.4) is 0 Å². The number of hydrogen-bond acceptors (Lipinski definition) is 6. The Labute approximate surface area is 215 Å². The number of benzene rings is 2. The summed E-state index contributed by atoms with van der Waals surface area (Å²) in [4.78, 5) is 9.64. The fraction of sp³-hybridized carbons (Fsp3) is 0.455. The third kappa shape index (κ3) is 5.03. The summed E-state index contributed by atoms with van der Waals surface area (Å²) in [6, 6.07) is 8.81. The monoisotopic (exact) mass is 601 g/mol. The number of anilines is 2. The lowest BCUT2D eigenvalue weighted by molar-refractivity contribution is -0.0000100. The van der Waals surface area contributed by atoms with Crippen LogP contribution in [0.25, 0.3) is 20.4 Å². The summed E-state index contributed by atoms with van der Waals surface area (Å²) in [6.45, 7) is 9.60. The number of fused-ring (bicyclic) bond motifs is 2. The van der Waals surface area contributed by atoms with Crippen LogP contribution in [0.5, 0.6) is 0 Å². The molecular formula is C22H28IN5O3S2. The van der Waals surface area contributed by atoms with Crippen molar-refractivity contribution in [3.63, 3.8) is 0 Å². The standard InChI is InChI=1S/C22H28N5O3S2.HI/c1-15-11-17(25-3-5-27(6-4-25)32(23,28)29)13-19-21(15)24-22-16(2)12-18(14-20(22)31-19)26-7-9-30-10-8-26;/h11-14H,3-10H2,1-2H3,(H2,23,28,29);1H/q+1;/p-1. The van der Waals surface area contributed by atoms with E-state index in [1.165, 1.54) is 20.3 Å². The Balaban J connectivity index is 0.00000259. The fourth-order valence-corrected chi connectivity index (χ4v) is 6.39. The number of hydrogen-bond donors (Lipinski definition) is 1. The molecule has 0 radical (unpaired) electrons. The van der Waals surface area contributed by atoms with Crippen LogP contribution in [-0.4, -0.2) is 70.2 Å². The zero-order chi connectivity index (χ0) is 22.5. The van der Waals surface area contributed by atoms with Crippen molar-refractivity contribution in [2.75, 3.05) is 62.3 Å². The highest BCUT2D eigenvalue weighted by molar-refractivity contribution is 7.86. The molecule has 5 rings (SSSR count). The zero-order valence-electron chi connectivity index (χ0n) is 18.8. The average molecular weight is 602 g/mol. The van der Waals surface area contributed by atoms with Crippen molar-refractivity contribution in [2.24, 2.45) is 5.14 Å². The number of piperazine rings is 1. The van der Waals surface area contributed by atoms with Gasteiger partial charge in [-0.3, -0.25) is 0 Å². The Kier molecular flexibility index (Phi) is 7.27. The lowest BCUT2D eigenvalue weighted by atomic mass is 10.1. The molecule has 0 atom stereocenters. The number of aromatic nitrogens is 1. The van der Waals surface area contributed by atoms with Crippen LogP contribution in [0.4, 0.5) is 11.4 Å². The minimum atomic E-state index is -3.63. The van der Waals surface area contributed by atoms with Gasteiger partial charge in [-0.1, -0.05) is 0 Å². The van der Waals surface area contributed by atoms with Gasteiger partial charge in [0.15, 0.2) is 0 Å². The molecule has 2 fully saturated rings. The van der Waals surface area contributed by atoms with E-state index in [1.807, 2.05) is 0 Å². The molecule has 11 heteroatoms. The van der Waals surface area contributed by atoms with Crippen molar-refractivity contribution in [3.8, 4) is 0 Å². The van der Waals surface area contributed by atoms with Gasteiger partial charge in [-0.15, -0.1) is 0 Å². The second-order valence-corrected chi connectivity index (χ2v) is 11.1. The van der Waals surface area contributed by atoms with Crippen LogP contribution in [0.1, 0.15) is 11.1 Å². The first kappa shape index (κ1) is 24.7. The van der Waals surface area contributed by atoms with Gasteiger partial charge < -0.3 is 38.5 Å². The molecule has 0 bridgehead atoms. The molecule has 2 aromatic carbocycles. The summed E-state index contributed by atoms with van der Waals surface area (Å²) in [5.41, 5.74) is 6.71. The summed E-state index contributed by atoms with van der Waals surface area (Å²) in [6.07, 6.45) is 0. The predicted octanol–water partition coefficient (Wildman–Crippen LogP) is -0.486.